The van der Waals surface area contributed by atoms with Crippen LogP contribution in [-0.2, 0) is 10.0 Å². The van der Waals surface area contributed by atoms with Crippen LogP contribution >= 0.6 is 11.6 Å². The van der Waals surface area contributed by atoms with Crippen molar-refractivity contribution >= 4 is 33.7 Å². The molecule has 0 aromatic heterocycles. The van der Waals surface area contributed by atoms with Crippen molar-refractivity contribution in [1.82, 2.24) is 5.01 Å². The zero-order chi connectivity index (χ0) is 19.0. The third-order valence-electron chi connectivity index (χ3n) is 4.00. The maximum atomic E-state index is 12.2. The van der Waals surface area contributed by atoms with E-state index >= 15 is 0 Å². The number of nitrogens with zero attached hydrogens (tertiary/aromatic N) is 3. The molecule has 0 saturated heterocycles. The van der Waals surface area contributed by atoms with E-state index in [1.54, 1.807) is 30.3 Å². The van der Waals surface area contributed by atoms with E-state index < -0.39 is 10.0 Å². The van der Waals surface area contributed by atoms with Crippen molar-refractivity contribution in [3.63, 3.8) is 0 Å². The van der Waals surface area contributed by atoms with Gasteiger partial charge in [-0.1, -0.05) is 23.7 Å². The number of rotatable bonds is 4. The van der Waals surface area contributed by atoms with Crippen molar-refractivity contribution in [1.29, 1.82) is 0 Å². The molecule has 10 heteroatoms. The number of hydrogen-bond acceptors (Lipinski definition) is 7. The predicted molar refractivity (Wildman–Crippen MR) is 99.1 cm³/mol. The van der Waals surface area contributed by atoms with Gasteiger partial charge < -0.3 is 14.6 Å². The molecular formula is C17H14ClN3O5S. The zero-order valence-corrected chi connectivity index (χ0v) is 15.4. The second kappa shape index (κ2) is 6.84. The lowest BCUT2D eigenvalue weighted by molar-refractivity contribution is 0.174. The molecule has 2 aromatic rings. The molecule has 2 heterocycles. The molecule has 4 rings (SSSR count). The quantitative estimate of drug-likeness (QED) is 0.613. The van der Waals surface area contributed by atoms with Crippen molar-refractivity contribution in [3.05, 3.63) is 52.5 Å². The highest BCUT2D eigenvalue weighted by Gasteiger charge is 2.31. The highest BCUT2D eigenvalue weighted by molar-refractivity contribution is 7.90. The SMILES string of the molecule is O=S1(=O)N=C(N(CCO)/N=C/c2cc3c(cc2Cl)OCO3)c2ccccc21. The summed E-state index contributed by atoms with van der Waals surface area (Å²) < 4.78 is 38.9. The first kappa shape index (κ1) is 17.8. The molecule has 2 aliphatic heterocycles. The molecule has 2 aromatic carbocycles. The first-order chi connectivity index (χ1) is 13.0. The van der Waals surface area contributed by atoms with Gasteiger partial charge in [0.1, 0.15) is 4.90 Å². The molecule has 0 spiro atoms. The summed E-state index contributed by atoms with van der Waals surface area (Å²) in [6, 6.07) is 9.76. The van der Waals surface area contributed by atoms with Gasteiger partial charge in [0.25, 0.3) is 10.0 Å². The third-order valence-corrected chi connectivity index (χ3v) is 5.65. The van der Waals surface area contributed by atoms with E-state index in [2.05, 4.69) is 9.50 Å². The Labute approximate surface area is 160 Å². The standard InChI is InChI=1S/C17H14ClN3O5S/c18-13-8-15-14(25-10-26-15)7-11(13)9-19-21(5-6-22)17-12-3-1-2-4-16(12)27(23,24)20-17/h1-4,7-9,22H,5-6,10H2/b19-9+. The van der Waals surface area contributed by atoms with E-state index in [-0.39, 0.29) is 30.7 Å². The average Bonchev–Trinajstić information content (AvgIpc) is 3.20. The molecule has 0 unspecified atom stereocenters. The highest BCUT2D eigenvalue weighted by atomic mass is 35.5. The number of fused-ring (bicyclic) bond motifs is 2. The van der Waals surface area contributed by atoms with Gasteiger partial charge in [0.2, 0.25) is 6.79 Å². The molecule has 0 atom stereocenters. The molecule has 8 nitrogen and oxygen atoms in total. The van der Waals surface area contributed by atoms with Crippen LogP contribution in [0.1, 0.15) is 11.1 Å². The summed E-state index contributed by atoms with van der Waals surface area (Å²) >= 11 is 6.23. The summed E-state index contributed by atoms with van der Waals surface area (Å²) in [4.78, 5) is 0.110. The Bertz CT molecular complexity index is 1070. The number of halogens is 1. The minimum atomic E-state index is -3.79. The Morgan fingerprint density at radius 1 is 1.26 bits per heavy atom. The minimum Gasteiger partial charge on any atom is -0.454 e. The Kier molecular flexibility index (Phi) is 4.50. The van der Waals surface area contributed by atoms with Gasteiger partial charge >= 0.3 is 0 Å². The summed E-state index contributed by atoms with van der Waals surface area (Å²) in [7, 11) is -3.79. The lowest BCUT2D eigenvalue weighted by Crippen LogP contribution is -2.28. The predicted octanol–water partition coefficient (Wildman–Crippen LogP) is 1.85. The molecule has 0 amide bonds. The second-order valence-corrected chi connectivity index (χ2v) is 7.68. The minimum absolute atomic E-state index is 0.0569. The van der Waals surface area contributed by atoms with Crippen molar-refractivity contribution in [2.75, 3.05) is 19.9 Å². The monoisotopic (exact) mass is 407 g/mol. The molecular weight excluding hydrogens is 394 g/mol. The van der Waals surface area contributed by atoms with Gasteiger partial charge in [-0.05, 0) is 18.2 Å². The van der Waals surface area contributed by atoms with Crippen molar-refractivity contribution in [3.8, 4) is 11.5 Å². The molecule has 0 fully saturated rings. The van der Waals surface area contributed by atoms with Gasteiger partial charge in [-0.3, -0.25) is 0 Å². The largest absolute Gasteiger partial charge is 0.454 e. The molecule has 140 valence electrons. The van der Waals surface area contributed by atoms with Crippen LogP contribution in [0.5, 0.6) is 11.5 Å². The van der Waals surface area contributed by atoms with E-state index in [1.165, 1.54) is 17.3 Å². The Balaban J connectivity index is 1.70. The van der Waals surface area contributed by atoms with Crippen molar-refractivity contribution < 1.29 is 23.0 Å². The van der Waals surface area contributed by atoms with E-state index in [0.717, 1.165) is 0 Å². The van der Waals surface area contributed by atoms with Crippen LogP contribution in [0.15, 0.2) is 50.8 Å². The first-order valence-electron chi connectivity index (χ1n) is 7.95. The van der Waals surface area contributed by atoms with Gasteiger partial charge in [-0.25, -0.2) is 5.01 Å². The molecule has 2 aliphatic rings. The van der Waals surface area contributed by atoms with Crippen LogP contribution in [0.3, 0.4) is 0 Å². The lowest BCUT2D eigenvalue weighted by atomic mass is 10.2. The van der Waals surface area contributed by atoms with Crippen LogP contribution in [0.25, 0.3) is 0 Å². The van der Waals surface area contributed by atoms with E-state index in [0.29, 0.717) is 27.6 Å². The average molecular weight is 408 g/mol. The first-order valence-corrected chi connectivity index (χ1v) is 9.77. The number of aliphatic hydroxyl groups is 1. The van der Waals surface area contributed by atoms with Gasteiger partial charge in [0.15, 0.2) is 17.3 Å². The Hall–Kier alpha value is -2.62. The topological polar surface area (TPSA) is 101 Å². The van der Waals surface area contributed by atoms with Crippen LogP contribution in [0.4, 0.5) is 0 Å². The molecule has 0 radical (unpaired) electrons. The summed E-state index contributed by atoms with van der Waals surface area (Å²) in [6.45, 7) is -0.0663. The van der Waals surface area contributed by atoms with E-state index in [9.17, 15) is 13.5 Å². The van der Waals surface area contributed by atoms with Gasteiger partial charge in [0.05, 0.1) is 24.4 Å². The summed E-state index contributed by atoms with van der Waals surface area (Å²) in [5, 5.41) is 15.4. The summed E-state index contributed by atoms with van der Waals surface area (Å²) in [5.74, 6) is 1.23. The zero-order valence-electron chi connectivity index (χ0n) is 13.9. The number of aliphatic hydroxyl groups excluding tert-OH is 1. The fraction of sp³-hybridized carbons (Fsp3) is 0.176. The molecule has 0 aliphatic carbocycles. The third kappa shape index (κ3) is 3.25. The number of sulfonamides is 1. The molecule has 0 bridgehead atoms. The lowest BCUT2D eigenvalue weighted by Gasteiger charge is -2.17. The number of hydrazone groups is 1. The van der Waals surface area contributed by atoms with Crippen LogP contribution in [0, 0.1) is 0 Å². The molecule has 1 N–H and O–H groups in total. The van der Waals surface area contributed by atoms with Crippen LogP contribution < -0.4 is 9.47 Å². The summed E-state index contributed by atoms with van der Waals surface area (Å²) in [5.41, 5.74) is 0.985. The van der Waals surface area contributed by atoms with Crippen LogP contribution in [-0.4, -0.2) is 50.5 Å². The fourth-order valence-corrected chi connectivity index (χ4v) is 4.16. The van der Waals surface area contributed by atoms with Crippen LogP contribution in [0.2, 0.25) is 5.02 Å². The maximum absolute atomic E-state index is 12.2. The van der Waals surface area contributed by atoms with Gasteiger partial charge in [-0.2, -0.15) is 13.5 Å². The van der Waals surface area contributed by atoms with E-state index in [1.807, 2.05) is 0 Å². The molecule has 27 heavy (non-hydrogen) atoms. The van der Waals surface area contributed by atoms with Crippen molar-refractivity contribution in [2.24, 2.45) is 9.50 Å². The summed E-state index contributed by atoms with van der Waals surface area (Å²) in [6.07, 6.45) is 1.45. The second-order valence-electron chi connectivity index (χ2n) is 5.70. The number of benzene rings is 2. The highest BCUT2D eigenvalue weighted by Crippen LogP contribution is 2.36. The number of amidine groups is 1. The fourth-order valence-electron chi connectivity index (χ4n) is 2.75. The smallest absolute Gasteiger partial charge is 0.285 e. The molecule has 0 saturated carbocycles. The van der Waals surface area contributed by atoms with E-state index in [4.69, 9.17) is 21.1 Å². The Morgan fingerprint density at radius 3 is 2.78 bits per heavy atom. The maximum Gasteiger partial charge on any atom is 0.285 e. The van der Waals surface area contributed by atoms with Gasteiger partial charge in [-0.15, -0.1) is 4.40 Å². The van der Waals surface area contributed by atoms with Crippen molar-refractivity contribution in [2.45, 2.75) is 4.90 Å². The number of ether oxygens (including phenoxy) is 2. The normalized spacial score (nSPS) is 16.4. The van der Waals surface area contributed by atoms with Gasteiger partial charge in [0, 0.05) is 17.2 Å². The number of hydrogen-bond donors (Lipinski definition) is 1. The Morgan fingerprint density at radius 2 is 2.00 bits per heavy atom.